The number of allylic oxidation sites excluding steroid dienone is 1. The molecule has 1 aliphatic rings. The molecule has 0 heterocycles. The Morgan fingerprint density at radius 1 is 1.44 bits per heavy atom. The Morgan fingerprint density at radius 2 is 2.12 bits per heavy atom. The van der Waals surface area contributed by atoms with Crippen LogP contribution in [-0.4, -0.2) is 24.3 Å². The molecule has 0 saturated heterocycles. The molecule has 2 atom stereocenters. The van der Waals surface area contributed by atoms with Crippen molar-refractivity contribution in [1.29, 1.82) is 0 Å². The summed E-state index contributed by atoms with van der Waals surface area (Å²) in [5.74, 6) is 0.539. The fourth-order valence-electron chi connectivity index (χ4n) is 1.69. The Labute approximate surface area is 108 Å². The molecule has 2 nitrogen and oxygen atoms in total. The van der Waals surface area contributed by atoms with E-state index in [4.69, 9.17) is 9.47 Å². The smallest absolute Gasteiger partial charge is 0.168 e. The first kappa shape index (κ1) is 14.2. The van der Waals surface area contributed by atoms with Gasteiger partial charge in [0.05, 0.1) is 18.0 Å². The fraction of sp³-hybridized carbons (Fsp3) is 0.846. The highest BCUT2D eigenvalue weighted by atomic mass is 79.9. The zero-order chi connectivity index (χ0) is 12.2. The van der Waals surface area contributed by atoms with E-state index in [-0.39, 0.29) is 17.8 Å². The molecule has 0 aromatic carbocycles. The van der Waals surface area contributed by atoms with Gasteiger partial charge in [0, 0.05) is 0 Å². The molecule has 1 aliphatic carbocycles. The van der Waals surface area contributed by atoms with Gasteiger partial charge in [0.15, 0.2) is 6.29 Å². The van der Waals surface area contributed by atoms with Crippen LogP contribution < -0.4 is 0 Å². The minimum atomic E-state index is -0.144. The quantitative estimate of drug-likeness (QED) is 0.421. The van der Waals surface area contributed by atoms with Crippen molar-refractivity contribution in [2.75, 3.05) is 11.9 Å². The van der Waals surface area contributed by atoms with Crippen LogP contribution in [-0.2, 0) is 9.47 Å². The maximum atomic E-state index is 5.97. The van der Waals surface area contributed by atoms with Gasteiger partial charge in [-0.3, -0.25) is 0 Å². The molecule has 94 valence electrons. The maximum absolute atomic E-state index is 5.97. The van der Waals surface area contributed by atoms with Crippen LogP contribution in [0.3, 0.4) is 0 Å². The molecule has 16 heavy (non-hydrogen) atoms. The SMILES string of the molecule is CC(C)COC(CBr)OC1C=CCC1(C)C. The average Bonchev–Trinajstić information content (AvgIpc) is 2.52. The molecule has 2 unspecified atom stereocenters. The van der Waals surface area contributed by atoms with Crippen molar-refractivity contribution in [3.05, 3.63) is 12.2 Å². The van der Waals surface area contributed by atoms with E-state index in [1.165, 1.54) is 0 Å². The van der Waals surface area contributed by atoms with Gasteiger partial charge >= 0.3 is 0 Å². The van der Waals surface area contributed by atoms with E-state index in [9.17, 15) is 0 Å². The zero-order valence-electron chi connectivity index (χ0n) is 10.7. The molecule has 1 rings (SSSR count). The zero-order valence-corrected chi connectivity index (χ0v) is 12.3. The van der Waals surface area contributed by atoms with Crippen LogP contribution in [0.5, 0.6) is 0 Å². The lowest BCUT2D eigenvalue weighted by molar-refractivity contribution is -0.168. The highest BCUT2D eigenvalue weighted by Gasteiger charge is 2.33. The first-order chi connectivity index (χ1) is 7.45. The first-order valence-electron chi connectivity index (χ1n) is 5.95. The Morgan fingerprint density at radius 3 is 2.56 bits per heavy atom. The average molecular weight is 291 g/mol. The molecular formula is C13H23BrO2. The molecule has 0 aliphatic heterocycles. The summed E-state index contributed by atoms with van der Waals surface area (Å²) >= 11 is 3.44. The molecule has 0 saturated carbocycles. The van der Waals surface area contributed by atoms with Crippen molar-refractivity contribution in [2.24, 2.45) is 11.3 Å². The van der Waals surface area contributed by atoms with Gasteiger partial charge in [-0.25, -0.2) is 0 Å². The standard InChI is InChI=1S/C13H23BrO2/c1-10(2)9-15-12(8-14)16-11-6-5-7-13(11,3)4/h5-6,10-12H,7-9H2,1-4H3. The summed E-state index contributed by atoms with van der Waals surface area (Å²) in [7, 11) is 0. The van der Waals surface area contributed by atoms with Crippen molar-refractivity contribution < 1.29 is 9.47 Å². The number of rotatable bonds is 6. The maximum Gasteiger partial charge on any atom is 0.168 e. The molecule has 0 aromatic heterocycles. The van der Waals surface area contributed by atoms with E-state index >= 15 is 0 Å². The second-order valence-electron chi connectivity index (χ2n) is 5.49. The van der Waals surface area contributed by atoms with Crippen LogP contribution in [0.2, 0.25) is 0 Å². The minimum absolute atomic E-state index is 0.144. The van der Waals surface area contributed by atoms with Gasteiger partial charge in [-0.05, 0) is 17.8 Å². The van der Waals surface area contributed by atoms with Crippen LogP contribution >= 0.6 is 15.9 Å². The van der Waals surface area contributed by atoms with Gasteiger partial charge in [-0.1, -0.05) is 55.8 Å². The topological polar surface area (TPSA) is 18.5 Å². The van der Waals surface area contributed by atoms with Crippen LogP contribution in [0.15, 0.2) is 12.2 Å². The third-order valence-corrected chi connectivity index (χ3v) is 3.29. The molecule has 0 aromatic rings. The predicted molar refractivity (Wildman–Crippen MR) is 70.8 cm³/mol. The third-order valence-electron chi connectivity index (χ3n) is 2.76. The van der Waals surface area contributed by atoms with E-state index in [1.54, 1.807) is 0 Å². The Bertz CT molecular complexity index is 236. The first-order valence-corrected chi connectivity index (χ1v) is 7.07. The van der Waals surface area contributed by atoms with Crippen molar-refractivity contribution in [3.63, 3.8) is 0 Å². The highest BCUT2D eigenvalue weighted by molar-refractivity contribution is 9.09. The van der Waals surface area contributed by atoms with E-state index in [2.05, 4.69) is 55.8 Å². The molecule has 0 amide bonds. The lowest BCUT2D eigenvalue weighted by atomic mass is 9.88. The molecule has 0 spiro atoms. The van der Waals surface area contributed by atoms with E-state index in [0.717, 1.165) is 18.4 Å². The third kappa shape index (κ3) is 4.19. The lowest BCUT2D eigenvalue weighted by Crippen LogP contribution is -2.33. The predicted octanol–water partition coefficient (Wildman–Crippen LogP) is 3.75. The number of halogens is 1. The van der Waals surface area contributed by atoms with E-state index in [0.29, 0.717) is 5.92 Å². The summed E-state index contributed by atoms with van der Waals surface area (Å²) in [6.07, 6.45) is 5.44. The highest BCUT2D eigenvalue weighted by Crippen LogP contribution is 2.35. The van der Waals surface area contributed by atoms with Gasteiger partial charge in [0.25, 0.3) is 0 Å². The summed E-state index contributed by atoms with van der Waals surface area (Å²) in [5.41, 5.74) is 0.196. The molecule has 3 heteroatoms. The van der Waals surface area contributed by atoms with Crippen LogP contribution in [0.4, 0.5) is 0 Å². The summed E-state index contributed by atoms with van der Waals surface area (Å²) in [6, 6.07) is 0. The van der Waals surface area contributed by atoms with Crippen LogP contribution in [0, 0.1) is 11.3 Å². The molecule has 0 fully saturated rings. The number of ether oxygens (including phenoxy) is 2. The fourth-order valence-corrected chi connectivity index (χ4v) is 2.02. The van der Waals surface area contributed by atoms with Gasteiger partial charge in [0.2, 0.25) is 0 Å². The van der Waals surface area contributed by atoms with E-state index in [1.807, 2.05) is 0 Å². The number of hydrogen-bond donors (Lipinski definition) is 0. The molecule has 0 bridgehead atoms. The Kier molecular flexibility index (Phi) is 5.48. The van der Waals surface area contributed by atoms with Crippen LogP contribution in [0.25, 0.3) is 0 Å². The van der Waals surface area contributed by atoms with Gasteiger partial charge in [-0.2, -0.15) is 0 Å². The summed E-state index contributed by atoms with van der Waals surface area (Å²) in [5, 5.41) is 0.722. The Hall–Kier alpha value is 0.140. The lowest BCUT2D eigenvalue weighted by Gasteiger charge is -2.30. The summed E-state index contributed by atoms with van der Waals surface area (Å²) in [6.45, 7) is 9.49. The second kappa shape index (κ2) is 6.18. The number of hydrogen-bond acceptors (Lipinski definition) is 2. The minimum Gasteiger partial charge on any atom is -0.351 e. The second-order valence-corrected chi connectivity index (χ2v) is 6.14. The molecule has 0 N–H and O–H groups in total. The van der Waals surface area contributed by atoms with Gasteiger partial charge in [0.1, 0.15) is 0 Å². The summed E-state index contributed by atoms with van der Waals surface area (Å²) < 4.78 is 11.7. The van der Waals surface area contributed by atoms with Crippen molar-refractivity contribution in [3.8, 4) is 0 Å². The monoisotopic (exact) mass is 290 g/mol. The van der Waals surface area contributed by atoms with Crippen LogP contribution in [0.1, 0.15) is 34.1 Å². The summed E-state index contributed by atoms with van der Waals surface area (Å²) in [4.78, 5) is 0. The van der Waals surface area contributed by atoms with Crippen molar-refractivity contribution >= 4 is 15.9 Å². The van der Waals surface area contributed by atoms with Crippen molar-refractivity contribution in [1.82, 2.24) is 0 Å². The normalized spacial score (nSPS) is 25.2. The van der Waals surface area contributed by atoms with Gasteiger partial charge < -0.3 is 9.47 Å². The largest absolute Gasteiger partial charge is 0.351 e. The van der Waals surface area contributed by atoms with Crippen molar-refractivity contribution in [2.45, 2.75) is 46.5 Å². The molecule has 0 radical (unpaired) electrons. The van der Waals surface area contributed by atoms with E-state index < -0.39 is 0 Å². The van der Waals surface area contributed by atoms with Gasteiger partial charge in [-0.15, -0.1) is 0 Å². The Balaban J connectivity index is 2.41. The number of alkyl halides is 1. The molecular weight excluding hydrogens is 268 g/mol.